The van der Waals surface area contributed by atoms with Gasteiger partial charge in [-0.1, -0.05) is 0 Å². The van der Waals surface area contributed by atoms with E-state index >= 15 is 0 Å². The second-order valence-electron chi connectivity index (χ2n) is 4.75. The number of aryl methyl sites for hydroxylation is 2. The van der Waals surface area contributed by atoms with E-state index in [2.05, 4.69) is 4.98 Å². The lowest BCUT2D eigenvalue weighted by molar-refractivity contribution is -0.145. The molecule has 1 rings (SSSR count). The molecule has 1 heterocycles. The summed E-state index contributed by atoms with van der Waals surface area (Å²) in [4.78, 5) is 15.1. The molecule has 1 N–H and O–H groups in total. The smallest absolute Gasteiger partial charge is 0.324 e. The molecule has 0 saturated heterocycles. The molecule has 0 aliphatic rings. The Morgan fingerprint density at radius 3 is 2.42 bits per heavy atom. The van der Waals surface area contributed by atoms with Gasteiger partial charge in [0.25, 0.3) is 10.0 Å². The van der Waals surface area contributed by atoms with Crippen molar-refractivity contribution in [3.05, 3.63) is 12.0 Å². The van der Waals surface area contributed by atoms with Crippen molar-refractivity contribution >= 4 is 16.0 Å². The van der Waals surface area contributed by atoms with Crippen molar-refractivity contribution in [2.75, 3.05) is 7.05 Å². The van der Waals surface area contributed by atoms with E-state index in [1.807, 2.05) is 6.92 Å². The highest BCUT2D eigenvalue weighted by Gasteiger charge is 2.41. The summed E-state index contributed by atoms with van der Waals surface area (Å²) in [5, 5.41) is 8.96. The standard InChI is InChI=1S/C11H19N3O4S/c1-6-14-7-9(12-8(14)2)19(17,18)13(5)11(3,4)10(15)16/h7H,6H2,1-5H3,(H,15,16). The molecule has 0 aliphatic heterocycles. The first-order valence-electron chi connectivity index (χ1n) is 5.81. The van der Waals surface area contributed by atoms with Crippen molar-refractivity contribution in [2.45, 2.75) is 44.8 Å². The minimum Gasteiger partial charge on any atom is -0.480 e. The van der Waals surface area contributed by atoms with E-state index in [9.17, 15) is 13.2 Å². The van der Waals surface area contributed by atoms with Gasteiger partial charge in [-0.25, -0.2) is 13.4 Å². The maximum absolute atomic E-state index is 12.4. The third kappa shape index (κ3) is 2.64. The Morgan fingerprint density at radius 1 is 1.53 bits per heavy atom. The molecule has 1 aromatic rings. The molecule has 108 valence electrons. The van der Waals surface area contributed by atoms with Crippen LogP contribution in [-0.4, -0.2) is 45.9 Å². The van der Waals surface area contributed by atoms with Gasteiger partial charge in [0.05, 0.1) is 0 Å². The summed E-state index contributed by atoms with van der Waals surface area (Å²) in [6.07, 6.45) is 1.42. The Labute approximate surface area is 112 Å². The average molecular weight is 289 g/mol. The molecule has 0 aliphatic carbocycles. The fourth-order valence-corrected chi connectivity index (χ4v) is 2.97. The lowest BCUT2D eigenvalue weighted by Crippen LogP contribution is -2.50. The molecule has 0 atom stereocenters. The van der Waals surface area contributed by atoms with E-state index < -0.39 is 21.5 Å². The fraction of sp³-hybridized carbons (Fsp3) is 0.636. The molecule has 0 aromatic carbocycles. The van der Waals surface area contributed by atoms with Crippen LogP contribution in [0.3, 0.4) is 0 Å². The van der Waals surface area contributed by atoms with Gasteiger partial charge < -0.3 is 9.67 Å². The summed E-state index contributed by atoms with van der Waals surface area (Å²) in [6, 6.07) is 0. The summed E-state index contributed by atoms with van der Waals surface area (Å²) in [5.74, 6) is -0.646. The highest BCUT2D eigenvalue weighted by molar-refractivity contribution is 7.89. The van der Waals surface area contributed by atoms with Gasteiger partial charge in [-0.3, -0.25) is 4.79 Å². The number of carbonyl (C=O) groups is 1. The van der Waals surface area contributed by atoms with E-state index in [1.165, 1.54) is 27.1 Å². The molecule has 8 heteroatoms. The van der Waals surface area contributed by atoms with Crippen LogP contribution in [0.5, 0.6) is 0 Å². The highest BCUT2D eigenvalue weighted by Crippen LogP contribution is 2.22. The first-order valence-corrected chi connectivity index (χ1v) is 7.25. The summed E-state index contributed by atoms with van der Waals surface area (Å²) in [6.45, 7) is 6.83. The van der Waals surface area contributed by atoms with Crippen LogP contribution < -0.4 is 0 Å². The Balaban J connectivity index is 3.27. The second-order valence-corrected chi connectivity index (χ2v) is 6.67. The number of aromatic nitrogens is 2. The molecule has 0 spiro atoms. The van der Waals surface area contributed by atoms with Gasteiger partial charge in [0.2, 0.25) is 0 Å². The van der Waals surface area contributed by atoms with Gasteiger partial charge in [0.1, 0.15) is 11.4 Å². The number of aliphatic carboxylic acids is 1. The van der Waals surface area contributed by atoms with Crippen LogP contribution in [0.2, 0.25) is 0 Å². The zero-order valence-corrected chi connectivity index (χ0v) is 12.5. The lowest BCUT2D eigenvalue weighted by Gasteiger charge is -2.29. The summed E-state index contributed by atoms with van der Waals surface area (Å²) in [7, 11) is -2.69. The topological polar surface area (TPSA) is 92.5 Å². The Hall–Kier alpha value is -1.41. The summed E-state index contributed by atoms with van der Waals surface area (Å²) >= 11 is 0. The van der Waals surface area contributed by atoms with E-state index in [0.29, 0.717) is 12.4 Å². The largest absolute Gasteiger partial charge is 0.480 e. The molecule has 0 radical (unpaired) electrons. The molecule has 0 bridgehead atoms. The maximum atomic E-state index is 12.4. The number of hydrogen-bond donors (Lipinski definition) is 1. The molecular weight excluding hydrogens is 270 g/mol. The van der Waals surface area contributed by atoms with E-state index in [-0.39, 0.29) is 5.03 Å². The van der Waals surface area contributed by atoms with E-state index in [0.717, 1.165) is 4.31 Å². The van der Waals surface area contributed by atoms with Crippen LogP contribution in [0.15, 0.2) is 11.2 Å². The number of carboxylic acid groups (broad SMARTS) is 1. The first-order chi connectivity index (χ1) is 8.55. The van der Waals surface area contributed by atoms with Crippen molar-refractivity contribution in [3.63, 3.8) is 0 Å². The number of carboxylic acids is 1. The van der Waals surface area contributed by atoms with Gasteiger partial charge in [-0.2, -0.15) is 4.31 Å². The maximum Gasteiger partial charge on any atom is 0.324 e. The average Bonchev–Trinajstić information content (AvgIpc) is 2.69. The van der Waals surface area contributed by atoms with Crippen molar-refractivity contribution < 1.29 is 18.3 Å². The lowest BCUT2D eigenvalue weighted by atomic mass is 10.1. The van der Waals surface area contributed by atoms with Crippen LogP contribution in [0.4, 0.5) is 0 Å². The fourth-order valence-electron chi connectivity index (χ4n) is 1.50. The molecule has 1 aromatic heterocycles. The summed E-state index contributed by atoms with van der Waals surface area (Å²) < 4.78 is 27.2. The predicted octanol–water partition coefficient (Wildman–Crippen LogP) is 0.695. The molecule has 0 unspecified atom stereocenters. The van der Waals surface area contributed by atoms with E-state index in [4.69, 9.17) is 5.11 Å². The Morgan fingerprint density at radius 2 is 2.05 bits per heavy atom. The minimum atomic E-state index is -3.93. The Kier molecular flexibility index (Phi) is 4.06. The monoisotopic (exact) mass is 289 g/mol. The zero-order chi connectivity index (χ0) is 15.0. The number of hydrogen-bond acceptors (Lipinski definition) is 4. The van der Waals surface area contributed by atoms with Crippen LogP contribution >= 0.6 is 0 Å². The number of imidazole rings is 1. The summed E-state index contributed by atoms with van der Waals surface area (Å²) in [5.41, 5.74) is -1.54. The number of nitrogens with zero attached hydrogens (tertiary/aromatic N) is 3. The zero-order valence-electron chi connectivity index (χ0n) is 11.7. The molecule has 7 nitrogen and oxygen atoms in total. The van der Waals surface area contributed by atoms with Crippen LogP contribution in [0, 0.1) is 6.92 Å². The van der Waals surface area contributed by atoms with Gasteiger partial charge in [0, 0.05) is 19.8 Å². The van der Waals surface area contributed by atoms with Gasteiger partial charge in [-0.15, -0.1) is 0 Å². The van der Waals surface area contributed by atoms with Crippen molar-refractivity contribution in [2.24, 2.45) is 0 Å². The van der Waals surface area contributed by atoms with Crippen LogP contribution in [0.25, 0.3) is 0 Å². The number of sulfonamides is 1. The SMILES string of the molecule is CCn1cc(S(=O)(=O)N(C)C(C)(C)C(=O)O)nc1C. The van der Waals surface area contributed by atoms with Crippen molar-refractivity contribution in [1.82, 2.24) is 13.9 Å². The normalized spacial score (nSPS) is 12.9. The third-order valence-corrected chi connectivity index (χ3v) is 5.13. The molecule has 0 amide bonds. The molecular formula is C11H19N3O4S. The third-order valence-electron chi connectivity index (χ3n) is 3.23. The minimum absolute atomic E-state index is 0.135. The molecule has 0 fully saturated rings. The van der Waals surface area contributed by atoms with Crippen LogP contribution in [-0.2, 0) is 21.4 Å². The van der Waals surface area contributed by atoms with Gasteiger partial charge >= 0.3 is 5.97 Å². The van der Waals surface area contributed by atoms with Gasteiger partial charge in [-0.05, 0) is 27.7 Å². The number of likely N-dealkylation sites (N-methyl/N-ethyl adjacent to an activating group) is 1. The van der Waals surface area contributed by atoms with Crippen LogP contribution in [0.1, 0.15) is 26.6 Å². The van der Waals surface area contributed by atoms with Gasteiger partial charge in [0.15, 0.2) is 5.03 Å². The quantitative estimate of drug-likeness (QED) is 0.861. The predicted molar refractivity (Wildman–Crippen MR) is 69.3 cm³/mol. The molecule has 0 saturated carbocycles. The molecule has 19 heavy (non-hydrogen) atoms. The van der Waals surface area contributed by atoms with Crippen molar-refractivity contribution in [3.8, 4) is 0 Å². The Bertz CT molecular complexity index is 589. The van der Waals surface area contributed by atoms with E-state index in [1.54, 1.807) is 11.5 Å². The number of rotatable bonds is 5. The van der Waals surface area contributed by atoms with Crippen molar-refractivity contribution in [1.29, 1.82) is 0 Å². The second kappa shape index (κ2) is 4.93. The highest BCUT2D eigenvalue weighted by atomic mass is 32.2. The first kappa shape index (κ1) is 15.6.